The number of nitrogens with one attached hydrogen (secondary N) is 1. The van der Waals surface area contributed by atoms with Gasteiger partial charge in [0.25, 0.3) is 0 Å². The molecule has 0 fully saturated rings. The summed E-state index contributed by atoms with van der Waals surface area (Å²) in [6.45, 7) is 4.75. The van der Waals surface area contributed by atoms with Crippen LogP contribution in [0.4, 0.5) is 11.4 Å². The van der Waals surface area contributed by atoms with Crippen molar-refractivity contribution in [3.8, 4) is 0 Å². The Labute approximate surface area is 91.6 Å². The van der Waals surface area contributed by atoms with Gasteiger partial charge >= 0.3 is 0 Å². The highest BCUT2D eigenvalue weighted by Crippen LogP contribution is 2.09. The second-order valence-electron chi connectivity index (χ2n) is 3.51. The zero-order chi connectivity index (χ0) is 10.9. The summed E-state index contributed by atoms with van der Waals surface area (Å²) in [7, 11) is 0. The van der Waals surface area contributed by atoms with Crippen LogP contribution in [0.25, 0.3) is 0 Å². The third kappa shape index (κ3) is 5.27. The van der Waals surface area contributed by atoms with E-state index in [0.29, 0.717) is 0 Å². The minimum atomic E-state index is 0.798. The molecular weight excluding hydrogens is 188 g/mol. The Kier molecular flexibility index (Phi) is 5.63. The van der Waals surface area contributed by atoms with E-state index < -0.39 is 0 Å². The van der Waals surface area contributed by atoms with Gasteiger partial charge in [0.15, 0.2) is 0 Å². The average molecular weight is 208 g/mol. The first-order valence-corrected chi connectivity index (χ1v) is 5.50. The topological polar surface area (TPSA) is 47.3 Å². The number of nitrogens with two attached hydrogens (primary N) is 1. The number of benzene rings is 1. The van der Waals surface area contributed by atoms with E-state index in [1.165, 1.54) is 0 Å². The van der Waals surface area contributed by atoms with Crippen molar-refractivity contribution in [2.24, 2.45) is 0 Å². The molecule has 0 amide bonds. The molecule has 0 atom stereocenters. The second kappa shape index (κ2) is 7.12. The van der Waals surface area contributed by atoms with Gasteiger partial charge in [-0.05, 0) is 37.1 Å². The van der Waals surface area contributed by atoms with E-state index in [1.807, 2.05) is 24.3 Å². The van der Waals surface area contributed by atoms with Crippen LogP contribution in [0, 0.1) is 0 Å². The summed E-state index contributed by atoms with van der Waals surface area (Å²) in [6.07, 6.45) is 2.12. The lowest BCUT2D eigenvalue weighted by atomic mass is 10.3. The first-order valence-electron chi connectivity index (χ1n) is 5.50. The van der Waals surface area contributed by atoms with Gasteiger partial charge in [-0.3, -0.25) is 0 Å². The number of rotatable bonds is 7. The van der Waals surface area contributed by atoms with Gasteiger partial charge in [-0.2, -0.15) is 0 Å². The summed E-state index contributed by atoms with van der Waals surface area (Å²) >= 11 is 0. The molecule has 3 nitrogen and oxygen atoms in total. The molecule has 0 bridgehead atoms. The van der Waals surface area contributed by atoms with E-state index in [-0.39, 0.29) is 0 Å². The number of nitrogen functional groups attached to an aromatic ring is 1. The maximum atomic E-state index is 5.59. The van der Waals surface area contributed by atoms with Gasteiger partial charge in [0.2, 0.25) is 0 Å². The lowest BCUT2D eigenvalue weighted by Crippen LogP contribution is -2.06. The van der Waals surface area contributed by atoms with Gasteiger partial charge in [0.05, 0.1) is 0 Å². The van der Waals surface area contributed by atoms with E-state index in [4.69, 9.17) is 10.5 Å². The third-order valence-electron chi connectivity index (χ3n) is 2.05. The van der Waals surface area contributed by atoms with Crippen LogP contribution in [-0.4, -0.2) is 19.8 Å². The summed E-state index contributed by atoms with van der Waals surface area (Å²) in [5, 5.41) is 3.31. The van der Waals surface area contributed by atoms with Gasteiger partial charge < -0.3 is 15.8 Å². The molecule has 3 N–H and O–H groups in total. The molecule has 0 spiro atoms. The highest BCUT2D eigenvalue weighted by Gasteiger charge is 1.91. The Morgan fingerprint density at radius 3 is 2.60 bits per heavy atom. The molecular formula is C12H20N2O. The van der Waals surface area contributed by atoms with E-state index >= 15 is 0 Å². The van der Waals surface area contributed by atoms with Crippen LogP contribution in [0.15, 0.2) is 24.3 Å². The number of hydrogen-bond acceptors (Lipinski definition) is 3. The highest BCUT2D eigenvalue weighted by atomic mass is 16.5. The molecule has 0 aliphatic rings. The molecule has 0 radical (unpaired) electrons. The van der Waals surface area contributed by atoms with Crippen LogP contribution in [0.2, 0.25) is 0 Å². The van der Waals surface area contributed by atoms with Gasteiger partial charge in [-0.25, -0.2) is 0 Å². The van der Waals surface area contributed by atoms with Crippen molar-refractivity contribution >= 4 is 11.4 Å². The molecule has 0 aromatic heterocycles. The Hall–Kier alpha value is -1.22. The van der Waals surface area contributed by atoms with Crippen molar-refractivity contribution in [1.29, 1.82) is 0 Å². The largest absolute Gasteiger partial charge is 0.399 e. The van der Waals surface area contributed by atoms with Crippen LogP contribution >= 0.6 is 0 Å². The lowest BCUT2D eigenvalue weighted by Gasteiger charge is -2.06. The maximum absolute atomic E-state index is 5.59. The van der Waals surface area contributed by atoms with Crippen molar-refractivity contribution in [3.63, 3.8) is 0 Å². The zero-order valence-electron chi connectivity index (χ0n) is 9.33. The molecule has 15 heavy (non-hydrogen) atoms. The van der Waals surface area contributed by atoms with Crippen LogP contribution in [0.3, 0.4) is 0 Å². The third-order valence-corrected chi connectivity index (χ3v) is 2.05. The Bertz CT molecular complexity index is 259. The number of anilines is 2. The molecule has 1 rings (SSSR count). The van der Waals surface area contributed by atoms with Gasteiger partial charge in [0.1, 0.15) is 0 Å². The fourth-order valence-electron chi connectivity index (χ4n) is 1.25. The number of hydrogen-bond donors (Lipinski definition) is 2. The van der Waals surface area contributed by atoms with E-state index in [9.17, 15) is 0 Å². The smallest absolute Gasteiger partial charge is 0.0482 e. The fourth-order valence-corrected chi connectivity index (χ4v) is 1.25. The minimum absolute atomic E-state index is 0.798. The normalized spacial score (nSPS) is 10.2. The van der Waals surface area contributed by atoms with Crippen molar-refractivity contribution in [3.05, 3.63) is 24.3 Å². The van der Waals surface area contributed by atoms with Gasteiger partial charge in [-0.1, -0.05) is 6.92 Å². The first kappa shape index (κ1) is 11.9. The van der Waals surface area contributed by atoms with E-state index in [0.717, 1.165) is 44.0 Å². The Morgan fingerprint density at radius 1 is 1.20 bits per heavy atom. The summed E-state index contributed by atoms with van der Waals surface area (Å²) in [5.41, 5.74) is 7.50. The van der Waals surface area contributed by atoms with Crippen molar-refractivity contribution in [1.82, 2.24) is 0 Å². The molecule has 0 heterocycles. The first-order chi connectivity index (χ1) is 7.33. The zero-order valence-corrected chi connectivity index (χ0v) is 9.33. The standard InChI is InChI=1S/C12H20N2O/c1-2-9-15-10-3-8-14-12-6-4-11(13)5-7-12/h4-7,14H,2-3,8-10,13H2,1H3. The Balaban J connectivity index is 2.07. The minimum Gasteiger partial charge on any atom is -0.399 e. The summed E-state index contributed by atoms with van der Waals surface area (Å²) < 4.78 is 5.38. The van der Waals surface area contributed by atoms with E-state index in [1.54, 1.807) is 0 Å². The molecule has 0 saturated carbocycles. The molecule has 84 valence electrons. The predicted molar refractivity (Wildman–Crippen MR) is 65.1 cm³/mol. The van der Waals surface area contributed by atoms with Crippen LogP contribution in [0.5, 0.6) is 0 Å². The molecule has 0 saturated heterocycles. The molecule has 3 heteroatoms. The summed E-state index contributed by atoms with van der Waals surface area (Å²) in [6, 6.07) is 7.77. The molecule has 0 aliphatic carbocycles. The second-order valence-corrected chi connectivity index (χ2v) is 3.51. The Morgan fingerprint density at radius 2 is 1.93 bits per heavy atom. The molecule has 0 aliphatic heterocycles. The fraction of sp³-hybridized carbons (Fsp3) is 0.500. The van der Waals surface area contributed by atoms with Crippen LogP contribution in [-0.2, 0) is 4.74 Å². The molecule has 1 aromatic rings. The highest BCUT2D eigenvalue weighted by molar-refractivity contribution is 5.50. The monoisotopic (exact) mass is 208 g/mol. The summed E-state index contributed by atoms with van der Waals surface area (Å²) in [4.78, 5) is 0. The molecule has 1 aromatic carbocycles. The van der Waals surface area contributed by atoms with Crippen molar-refractivity contribution in [2.75, 3.05) is 30.8 Å². The van der Waals surface area contributed by atoms with Crippen LogP contribution in [0.1, 0.15) is 19.8 Å². The van der Waals surface area contributed by atoms with E-state index in [2.05, 4.69) is 12.2 Å². The van der Waals surface area contributed by atoms with Gasteiger partial charge in [0, 0.05) is 31.1 Å². The predicted octanol–water partition coefficient (Wildman–Crippen LogP) is 2.50. The molecule has 0 unspecified atom stereocenters. The SMILES string of the molecule is CCCOCCCNc1ccc(N)cc1. The lowest BCUT2D eigenvalue weighted by molar-refractivity contribution is 0.134. The number of ether oxygens (including phenoxy) is 1. The van der Waals surface area contributed by atoms with Gasteiger partial charge in [-0.15, -0.1) is 0 Å². The quantitative estimate of drug-likeness (QED) is 0.534. The average Bonchev–Trinajstić information content (AvgIpc) is 2.26. The van der Waals surface area contributed by atoms with Crippen molar-refractivity contribution in [2.45, 2.75) is 19.8 Å². The maximum Gasteiger partial charge on any atom is 0.0482 e. The van der Waals surface area contributed by atoms with Crippen molar-refractivity contribution < 1.29 is 4.74 Å². The van der Waals surface area contributed by atoms with Crippen LogP contribution < -0.4 is 11.1 Å². The summed E-state index contributed by atoms with van der Waals surface area (Å²) in [5.74, 6) is 0.